The van der Waals surface area contributed by atoms with Crippen LogP contribution >= 0.6 is 0 Å². The molecule has 1 aromatic rings. The molecule has 2 unspecified atom stereocenters. The summed E-state index contributed by atoms with van der Waals surface area (Å²) in [5.74, 6) is 1.06. The summed E-state index contributed by atoms with van der Waals surface area (Å²) < 4.78 is 0. The fourth-order valence-corrected chi connectivity index (χ4v) is 1.80. The van der Waals surface area contributed by atoms with Crippen molar-refractivity contribution in [2.45, 2.75) is 19.4 Å². The molecule has 0 aromatic carbocycles. The molecule has 2 heterocycles. The van der Waals surface area contributed by atoms with E-state index in [1.165, 1.54) is 6.20 Å². The maximum Gasteiger partial charge on any atom is 0.158 e. The molecule has 0 spiro atoms. The first-order chi connectivity index (χ1) is 7.70. The minimum absolute atomic E-state index is 0.314. The van der Waals surface area contributed by atoms with E-state index in [-0.39, 0.29) is 6.10 Å². The van der Waals surface area contributed by atoms with Gasteiger partial charge in [0.1, 0.15) is 11.9 Å². The second kappa shape index (κ2) is 4.45. The standard InChI is InChI=1S/C11H14N4O/c1-8-2-3-15(7-10(8)16)11-6-13-9(4-12)5-14-11/h5-6,8,10,16H,2-3,7H2,1H3. The molecule has 1 N–H and O–H groups in total. The van der Waals surface area contributed by atoms with E-state index in [0.29, 0.717) is 18.2 Å². The van der Waals surface area contributed by atoms with E-state index in [9.17, 15) is 5.11 Å². The van der Waals surface area contributed by atoms with Crippen LogP contribution in [0, 0.1) is 17.2 Å². The van der Waals surface area contributed by atoms with Crippen LogP contribution in [0.2, 0.25) is 0 Å². The molecule has 1 aliphatic rings. The summed E-state index contributed by atoms with van der Waals surface area (Å²) in [5, 5.41) is 18.4. The molecule has 1 aliphatic heterocycles. The Hall–Kier alpha value is -1.67. The first-order valence-electron chi connectivity index (χ1n) is 5.36. The second-order valence-corrected chi connectivity index (χ2v) is 4.15. The third kappa shape index (κ3) is 2.12. The van der Waals surface area contributed by atoms with Crippen molar-refractivity contribution in [2.24, 2.45) is 5.92 Å². The number of nitrogens with zero attached hydrogens (tertiary/aromatic N) is 4. The monoisotopic (exact) mass is 218 g/mol. The van der Waals surface area contributed by atoms with Crippen molar-refractivity contribution in [1.29, 1.82) is 5.26 Å². The van der Waals surface area contributed by atoms with Crippen LogP contribution in [0.1, 0.15) is 19.0 Å². The van der Waals surface area contributed by atoms with Crippen molar-refractivity contribution >= 4 is 5.82 Å². The molecule has 1 aromatic heterocycles. The summed E-state index contributed by atoms with van der Waals surface area (Å²) >= 11 is 0. The molecule has 1 saturated heterocycles. The fraction of sp³-hybridized carbons (Fsp3) is 0.545. The highest BCUT2D eigenvalue weighted by molar-refractivity contribution is 5.38. The van der Waals surface area contributed by atoms with Crippen LogP contribution in [0.5, 0.6) is 0 Å². The van der Waals surface area contributed by atoms with Crippen molar-refractivity contribution in [2.75, 3.05) is 18.0 Å². The van der Waals surface area contributed by atoms with Crippen LogP contribution in [0.15, 0.2) is 12.4 Å². The van der Waals surface area contributed by atoms with Gasteiger partial charge in [-0.2, -0.15) is 5.26 Å². The maximum atomic E-state index is 9.77. The molecule has 0 aliphatic carbocycles. The van der Waals surface area contributed by atoms with Gasteiger partial charge >= 0.3 is 0 Å². The van der Waals surface area contributed by atoms with Crippen molar-refractivity contribution in [3.63, 3.8) is 0 Å². The Bertz CT molecular complexity index is 397. The molecule has 0 radical (unpaired) electrons. The van der Waals surface area contributed by atoms with E-state index in [4.69, 9.17) is 5.26 Å². The van der Waals surface area contributed by atoms with Crippen LogP contribution < -0.4 is 4.90 Å². The molecule has 2 atom stereocenters. The number of hydrogen-bond acceptors (Lipinski definition) is 5. The second-order valence-electron chi connectivity index (χ2n) is 4.15. The Balaban J connectivity index is 2.10. The van der Waals surface area contributed by atoms with Crippen LogP contribution in [0.4, 0.5) is 5.82 Å². The third-order valence-corrected chi connectivity index (χ3v) is 3.00. The van der Waals surface area contributed by atoms with Crippen LogP contribution in [-0.2, 0) is 0 Å². The minimum atomic E-state index is -0.314. The van der Waals surface area contributed by atoms with Gasteiger partial charge in [0.2, 0.25) is 0 Å². The predicted octanol–water partition coefficient (Wildman–Crippen LogP) is 0.555. The van der Waals surface area contributed by atoms with Crippen LogP contribution in [0.3, 0.4) is 0 Å². The molecule has 0 saturated carbocycles. The summed E-state index contributed by atoms with van der Waals surface area (Å²) in [6.45, 7) is 3.51. The van der Waals surface area contributed by atoms with E-state index in [1.807, 2.05) is 17.9 Å². The van der Waals surface area contributed by atoms with Gasteiger partial charge in [0.05, 0.1) is 18.5 Å². The van der Waals surface area contributed by atoms with Crippen molar-refractivity contribution in [3.8, 4) is 6.07 Å². The third-order valence-electron chi connectivity index (χ3n) is 3.00. The molecule has 5 nitrogen and oxygen atoms in total. The molecular formula is C11H14N4O. The minimum Gasteiger partial charge on any atom is -0.391 e. The highest BCUT2D eigenvalue weighted by Crippen LogP contribution is 2.20. The van der Waals surface area contributed by atoms with Gasteiger partial charge in [-0.3, -0.25) is 0 Å². The van der Waals surface area contributed by atoms with Gasteiger partial charge in [0, 0.05) is 13.1 Å². The Kier molecular flexibility index (Phi) is 3.02. The Morgan fingerprint density at radius 2 is 2.31 bits per heavy atom. The topological polar surface area (TPSA) is 73.0 Å². The smallest absolute Gasteiger partial charge is 0.158 e. The van der Waals surface area contributed by atoms with Gasteiger partial charge in [0.15, 0.2) is 5.69 Å². The molecule has 0 amide bonds. The van der Waals surface area contributed by atoms with Crippen molar-refractivity contribution < 1.29 is 5.11 Å². The molecule has 0 bridgehead atoms. The van der Waals surface area contributed by atoms with E-state index in [1.54, 1.807) is 6.20 Å². The zero-order valence-electron chi connectivity index (χ0n) is 9.17. The highest BCUT2D eigenvalue weighted by Gasteiger charge is 2.24. The Morgan fingerprint density at radius 3 is 2.88 bits per heavy atom. The average molecular weight is 218 g/mol. The molecule has 2 rings (SSSR count). The summed E-state index contributed by atoms with van der Waals surface area (Å²) in [7, 11) is 0. The quantitative estimate of drug-likeness (QED) is 0.745. The van der Waals surface area contributed by atoms with Gasteiger partial charge in [0.25, 0.3) is 0 Å². The number of rotatable bonds is 1. The highest BCUT2D eigenvalue weighted by atomic mass is 16.3. The number of hydrogen-bond donors (Lipinski definition) is 1. The molecular weight excluding hydrogens is 204 g/mol. The van der Waals surface area contributed by atoms with Crippen LogP contribution in [-0.4, -0.2) is 34.3 Å². The molecule has 84 valence electrons. The van der Waals surface area contributed by atoms with E-state index < -0.39 is 0 Å². The normalized spacial score (nSPS) is 25.2. The zero-order valence-corrected chi connectivity index (χ0v) is 9.17. The van der Waals surface area contributed by atoms with Gasteiger partial charge in [-0.25, -0.2) is 9.97 Å². The van der Waals surface area contributed by atoms with Gasteiger partial charge in [-0.15, -0.1) is 0 Å². The SMILES string of the molecule is CC1CCN(c2cnc(C#N)cn2)CC1O. The summed E-state index contributed by atoms with van der Waals surface area (Å²) in [4.78, 5) is 10.1. The number of aromatic nitrogens is 2. The summed E-state index contributed by atoms with van der Waals surface area (Å²) in [5.41, 5.74) is 0.315. The Labute approximate surface area is 94.4 Å². The van der Waals surface area contributed by atoms with Crippen molar-refractivity contribution in [1.82, 2.24) is 9.97 Å². The lowest BCUT2D eigenvalue weighted by Crippen LogP contribution is -2.43. The Morgan fingerprint density at radius 1 is 1.50 bits per heavy atom. The van der Waals surface area contributed by atoms with E-state index in [2.05, 4.69) is 9.97 Å². The lowest BCUT2D eigenvalue weighted by molar-refractivity contribution is 0.102. The van der Waals surface area contributed by atoms with Gasteiger partial charge in [-0.05, 0) is 12.3 Å². The largest absolute Gasteiger partial charge is 0.391 e. The number of β-amino-alcohol motifs (C(OH)–C–C–N with tert-alkyl or cyclic N) is 1. The lowest BCUT2D eigenvalue weighted by atomic mass is 9.96. The number of aliphatic hydroxyl groups excluding tert-OH is 1. The van der Waals surface area contributed by atoms with E-state index in [0.717, 1.165) is 18.8 Å². The lowest BCUT2D eigenvalue weighted by Gasteiger charge is -2.34. The number of aliphatic hydroxyl groups is 1. The van der Waals surface area contributed by atoms with E-state index >= 15 is 0 Å². The molecule has 1 fully saturated rings. The maximum absolute atomic E-state index is 9.77. The summed E-state index contributed by atoms with van der Waals surface area (Å²) in [6, 6.07) is 1.93. The number of anilines is 1. The first kappa shape index (κ1) is 10.8. The fourth-order valence-electron chi connectivity index (χ4n) is 1.80. The van der Waals surface area contributed by atoms with Gasteiger partial charge < -0.3 is 10.0 Å². The molecule has 16 heavy (non-hydrogen) atoms. The van der Waals surface area contributed by atoms with Gasteiger partial charge in [-0.1, -0.05) is 6.92 Å². The number of piperidine rings is 1. The van der Waals surface area contributed by atoms with Crippen LogP contribution in [0.25, 0.3) is 0 Å². The number of nitriles is 1. The first-order valence-corrected chi connectivity index (χ1v) is 5.36. The van der Waals surface area contributed by atoms with Crippen molar-refractivity contribution in [3.05, 3.63) is 18.1 Å². The predicted molar refractivity (Wildman–Crippen MR) is 58.7 cm³/mol. The molecule has 5 heteroatoms. The average Bonchev–Trinajstić information content (AvgIpc) is 2.33. The summed E-state index contributed by atoms with van der Waals surface area (Å²) in [6.07, 6.45) is 3.68. The zero-order chi connectivity index (χ0) is 11.5.